The van der Waals surface area contributed by atoms with Crippen LogP contribution >= 0.6 is 34.7 Å². The van der Waals surface area contributed by atoms with E-state index in [2.05, 4.69) is 17.5 Å². The maximum atomic E-state index is 13.6. The summed E-state index contributed by atoms with van der Waals surface area (Å²) in [6, 6.07) is 15.1. The number of benzene rings is 2. The molecule has 0 bridgehead atoms. The third-order valence-corrected chi connectivity index (χ3v) is 8.29. The van der Waals surface area contributed by atoms with Crippen LogP contribution in [0.25, 0.3) is 15.9 Å². The van der Waals surface area contributed by atoms with Crippen molar-refractivity contribution in [1.29, 1.82) is 0 Å². The average molecular weight is 523 g/mol. The first-order valence-electron chi connectivity index (χ1n) is 11.4. The number of hydrogen-bond acceptors (Lipinski definition) is 6. The van der Waals surface area contributed by atoms with Gasteiger partial charge in [-0.2, -0.15) is 5.10 Å². The summed E-state index contributed by atoms with van der Waals surface area (Å²) >= 11 is 8.87. The van der Waals surface area contributed by atoms with Crippen molar-refractivity contribution in [2.75, 3.05) is 5.75 Å². The molecule has 0 unspecified atom stereocenters. The van der Waals surface area contributed by atoms with Gasteiger partial charge >= 0.3 is 0 Å². The van der Waals surface area contributed by atoms with Crippen LogP contribution in [0.5, 0.6) is 0 Å². The topological polar surface area (TPSA) is 76.3 Å². The molecular weight excluding hydrogens is 500 g/mol. The molecule has 0 spiro atoms. The molecule has 6 nitrogen and oxygen atoms in total. The molecule has 0 fully saturated rings. The van der Waals surface area contributed by atoms with Gasteiger partial charge in [0.25, 0.3) is 11.5 Å². The largest absolute Gasteiger partial charge is 0.272 e. The van der Waals surface area contributed by atoms with Crippen molar-refractivity contribution in [1.82, 2.24) is 15.0 Å². The number of rotatable bonds is 7. The van der Waals surface area contributed by atoms with Crippen molar-refractivity contribution < 1.29 is 4.79 Å². The molecule has 9 heteroatoms. The number of hydrazone groups is 1. The zero-order valence-corrected chi connectivity index (χ0v) is 21.5. The van der Waals surface area contributed by atoms with Gasteiger partial charge in [0.05, 0.1) is 23.0 Å². The number of fused-ring (bicyclic) bond motifs is 3. The van der Waals surface area contributed by atoms with Gasteiger partial charge in [0, 0.05) is 9.90 Å². The highest BCUT2D eigenvalue weighted by atomic mass is 35.5. The minimum Gasteiger partial charge on any atom is -0.272 e. The highest BCUT2D eigenvalue weighted by Crippen LogP contribution is 2.36. The Kier molecular flexibility index (Phi) is 7.04. The summed E-state index contributed by atoms with van der Waals surface area (Å²) in [4.78, 5) is 32.9. The van der Waals surface area contributed by atoms with E-state index in [0.717, 1.165) is 41.6 Å². The van der Waals surface area contributed by atoms with Gasteiger partial charge in [0.2, 0.25) is 0 Å². The number of carbonyl (C=O) groups excluding carboxylic acids is 1. The number of halogens is 1. The molecule has 2 aromatic heterocycles. The zero-order chi connectivity index (χ0) is 24.4. The van der Waals surface area contributed by atoms with Gasteiger partial charge in [-0.3, -0.25) is 14.2 Å². The molecule has 0 aliphatic heterocycles. The number of aromatic nitrogens is 2. The zero-order valence-electron chi connectivity index (χ0n) is 19.1. The number of thioether (sulfide) groups is 1. The molecule has 1 aliphatic carbocycles. The van der Waals surface area contributed by atoms with Crippen LogP contribution in [0.15, 0.2) is 63.6 Å². The van der Waals surface area contributed by atoms with Crippen molar-refractivity contribution in [3.8, 4) is 5.69 Å². The van der Waals surface area contributed by atoms with Crippen molar-refractivity contribution in [3.63, 3.8) is 0 Å². The number of amides is 1. The number of nitrogens with one attached hydrogen (secondary N) is 1. The molecule has 0 atom stereocenters. The molecular formula is C26H23ClN4O2S2. The lowest BCUT2D eigenvalue weighted by molar-refractivity contribution is -0.118. The van der Waals surface area contributed by atoms with Gasteiger partial charge in [-0.05, 0) is 66.6 Å². The summed E-state index contributed by atoms with van der Waals surface area (Å²) in [7, 11) is 0. The van der Waals surface area contributed by atoms with E-state index in [-0.39, 0.29) is 17.2 Å². The standard InChI is InChI=1S/C26H23ClN4O2S2/c1-2-16-6-8-17(9-7-16)14-28-30-22(32)15-34-26-29-24-23(20-4-3-5-21(20)35-24)25(33)31(26)19-12-10-18(27)11-13-19/h6-14H,2-5,15H2,1H3,(H,30,32). The van der Waals surface area contributed by atoms with Crippen molar-refractivity contribution in [2.24, 2.45) is 5.10 Å². The molecule has 5 rings (SSSR count). The molecule has 2 heterocycles. The molecule has 2 aromatic carbocycles. The SMILES string of the molecule is CCc1ccc(C=NNC(=O)CSc2nc3sc4c(c3c(=O)n2-c2ccc(Cl)cc2)CCC4)cc1. The van der Waals surface area contributed by atoms with E-state index in [1.165, 1.54) is 22.2 Å². The van der Waals surface area contributed by atoms with Gasteiger partial charge in [-0.15, -0.1) is 11.3 Å². The van der Waals surface area contributed by atoms with Crippen LogP contribution < -0.4 is 11.0 Å². The summed E-state index contributed by atoms with van der Waals surface area (Å²) in [5, 5.41) is 5.82. The van der Waals surface area contributed by atoms with E-state index >= 15 is 0 Å². The molecule has 1 amide bonds. The summed E-state index contributed by atoms with van der Waals surface area (Å²) in [6.07, 6.45) is 5.54. The van der Waals surface area contributed by atoms with Gasteiger partial charge in [0.1, 0.15) is 4.83 Å². The van der Waals surface area contributed by atoms with Crippen LogP contribution in [0.3, 0.4) is 0 Å². The lowest BCUT2D eigenvalue weighted by atomic mass is 10.1. The number of aryl methyl sites for hydroxylation is 3. The summed E-state index contributed by atoms with van der Waals surface area (Å²) < 4.78 is 1.58. The highest BCUT2D eigenvalue weighted by Gasteiger charge is 2.24. The maximum Gasteiger partial charge on any atom is 0.267 e. The Morgan fingerprint density at radius 3 is 2.71 bits per heavy atom. The van der Waals surface area contributed by atoms with Gasteiger partial charge in [-0.25, -0.2) is 10.4 Å². The first-order chi connectivity index (χ1) is 17.0. The van der Waals surface area contributed by atoms with Gasteiger partial charge < -0.3 is 0 Å². The lowest BCUT2D eigenvalue weighted by Crippen LogP contribution is -2.24. The van der Waals surface area contributed by atoms with Crippen molar-refractivity contribution >= 4 is 57.0 Å². The Balaban J connectivity index is 1.38. The minimum atomic E-state index is -0.276. The Morgan fingerprint density at radius 1 is 1.20 bits per heavy atom. The van der Waals surface area contributed by atoms with E-state index in [1.807, 2.05) is 24.3 Å². The summed E-state index contributed by atoms with van der Waals surface area (Å²) in [6.45, 7) is 2.10. The molecule has 1 aliphatic rings. The second-order valence-electron chi connectivity index (χ2n) is 8.23. The first-order valence-corrected chi connectivity index (χ1v) is 13.6. The van der Waals surface area contributed by atoms with E-state index in [4.69, 9.17) is 16.6 Å². The Bertz CT molecular complexity index is 1470. The molecule has 178 valence electrons. The van der Waals surface area contributed by atoms with Crippen LogP contribution in [-0.2, 0) is 24.1 Å². The van der Waals surface area contributed by atoms with Crippen LogP contribution in [0.4, 0.5) is 0 Å². The van der Waals surface area contributed by atoms with E-state index in [9.17, 15) is 9.59 Å². The van der Waals surface area contributed by atoms with E-state index < -0.39 is 0 Å². The van der Waals surface area contributed by atoms with Crippen LogP contribution in [0.2, 0.25) is 5.02 Å². The quantitative estimate of drug-likeness (QED) is 0.153. The number of nitrogens with zero attached hydrogens (tertiary/aromatic N) is 3. The predicted octanol–water partition coefficient (Wildman–Crippen LogP) is 5.39. The Labute approximate surface area is 216 Å². The smallest absolute Gasteiger partial charge is 0.267 e. The Morgan fingerprint density at radius 2 is 1.97 bits per heavy atom. The molecule has 35 heavy (non-hydrogen) atoms. The predicted molar refractivity (Wildman–Crippen MR) is 145 cm³/mol. The molecule has 0 radical (unpaired) electrons. The van der Waals surface area contributed by atoms with Crippen molar-refractivity contribution in [2.45, 2.75) is 37.8 Å². The van der Waals surface area contributed by atoms with Gasteiger partial charge in [0.15, 0.2) is 5.16 Å². The van der Waals surface area contributed by atoms with Crippen LogP contribution in [0, 0.1) is 0 Å². The highest BCUT2D eigenvalue weighted by molar-refractivity contribution is 7.99. The molecule has 0 saturated carbocycles. The second-order valence-corrected chi connectivity index (χ2v) is 10.7. The fraction of sp³-hybridized carbons (Fsp3) is 0.231. The second kappa shape index (κ2) is 10.4. The fourth-order valence-corrected chi connectivity index (χ4v) is 6.35. The van der Waals surface area contributed by atoms with Crippen LogP contribution in [0.1, 0.15) is 34.9 Å². The maximum absolute atomic E-state index is 13.6. The first kappa shape index (κ1) is 23.8. The molecule has 1 N–H and O–H groups in total. The number of hydrogen-bond donors (Lipinski definition) is 1. The number of carbonyl (C=O) groups is 1. The minimum absolute atomic E-state index is 0.0722. The van der Waals surface area contributed by atoms with E-state index in [0.29, 0.717) is 21.3 Å². The third-order valence-electron chi connectivity index (χ3n) is 5.92. The van der Waals surface area contributed by atoms with Crippen molar-refractivity contribution in [3.05, 3.63) is 85.5 Å². The normalized spacial score (nSPS) is 13.0. The molecule has 4 aromatic rings. The fourth-order valence-electron chi connectivity index (χ4n) is 4.12. The monoisotopic (exact) mass is 522 g/mol. The average Bonchev–Trinajstić information content (AvgIpc) is 3.45. The Hall–Kier alpha value is -2.94. The lowest BCUT2D eigenvalue weighted by Gasteiger charge is -2.12. The van der Waals surface area contributed by atoms with E-state index in [1.54, 1.807) is 46.4 Å². The van der Waals surface area contributed by atoms with Gasteiger partial charge in [-0.1, -0.05) is 54.6 Å². The van der Waals surface area contributed by atoms with Crippen LogP contribution in [-0.4, -0.2) is 27.4 Å². The number of thiophene rings is 1. The third kappa shape index (κ3) is 5.05. The molecule has 0 saturated heterocycles. The summed E-state index contributed by atoms with van der Waals surface area (Å²) in [5.74, 6) is -0.204. The summed E-state index contributed by atoms with van der Waals surface area (Å²) in [5.41, 5.74) is 6.40.